The normalized spacial score (nSPS) is 21.8. The van der Waals surface area contributed by atoms with Gasteiger partial charge in [-0.25, -0.2) is 0 Å². The number of hydrogen-bond donors (Lipinski definition) is 0. The third-order valence-corrected chi connectivity index (χ3v) is 5.69. The highest BCUT2D eigenvalue weighted by molar-refractivity contribution is 5.27. The quantitative estimate of drug-likeness (QED) is 0.296. The minimum absolute atomic E-state index is 0.0906. The molecule has 0 saturated heterocycles. The molecular formula is C22H32F4O. The van der Waals surface area contributed by atoms with Crippen LogP contribution in [-0.2, 0) is 6.42 Å². The van der Waals surface area contributed by atoms with Gasteiger partial charge in [0.05, 0.1) is 0 Å². The van der Waals surface area contributed by atoms with Gasteiger partial charge in [0.25, 0.3) is 0 Å². The molecule has 1 aromatic carbocycles. The summed E-state index contributed by atoms with van der Waals surface area (Å²) in [6.45, 7) is 2.24. The van der Waals surface area contributed by atoms with E-state index in [9.17, 15) is 17.6 Å². The summed E-state index contributed by atoms with van der Waals surface area (Å²) in [4.78, 5) is 0. The van der Waals surface area contributed by atoms with E-state index in [2.05, 4.69) is 11.7 Å². The summed E-state index contributed by atoms with van der Waals surface area (Å²) in [6, 6.07) is 6.30. The lowest BCUT2D eigenvalue weighted by Crippen LogP contribution is -2.29. The molecule has 0 heterocycles. The Kier molecular flexibility index (Phi) is 8.91. The van der Waals surface area contributed by atoms with Gasteiger partial charge in [0.15, 0.2) is 0 Å². The first-order valence-electron chi connectivity index (χ1n) is 10.3. The van der Waals surface area contributed by atoms with Crippen LogP contribution in [0, 0.1) is 11.8 Å². The molecule has 1 aliphatic rings. The molecule has 1 atom stereocenters. The summed E-state index contributed by atoms with van der Waals surface area (Å²) < 4.78 is 53.7. The second kappa shape index (κ2) is 10.9. The molecule has 0 amide bonds. The molecule has 154 valence electrons. The van der Waals surface area contributed by atoms with Gasteiger partial charge in [0.1, 0.15) is 5.75 Å². The first-order chi connectivity index (χ1) is 12.9. The van der Waals surface area contributed by atoms with Crippen molar-refractivity contribution >= 4 is 0 Å². The van der Waals surface area contributed by atoms with Crippen LogP contribution in [0.2, 0.25) is 0 Å². The summed E-state index contributed by atoms with van der Waals surface area (Å²) in [5.41, 5.74) is 1.06. The van der Waals surface area contributed by atoms with E-state index in [4.69, 9.17) is 0 Å². The van der Waals surface area contributed by atoms with Gasteiger partial charge in [-0.3, -0.25) is 0 Å². The van der Waals surface area contributed by atoms with E-state index in [1.54, 1.807) is 12.1 Å². The van der Waals surface area contributed by atoms with Crippen molar-refractivity contribution < 1.29 is 22.3 Å². The van der Waals surface area contributed by atoms with Crippen molar-refractivity contribution in [3.63, 3.8) is 0 Å². The van der Waals surface area contributed by atoms with Gasteiger partial charge < -0.3 is 4.74 Å². The number of hydrogen-bond acceptors (Lipinski definition) is 1. The Morgan fingerprint density at radius 1 is 0.926 bits per heavy atom. The van der Waals surface area contributed by atoms with Gasteiger partial charge >= 0.3 is 12.5 Å². The number of halogens is 4. The maximum atomic E-state index is 12.9. The molecule has 1 aromatic rings. The second-order valence-electron chi connectivity index (χ2n) is 7.89. The highest BCUT2D eigenvalue weighted by atomic mass is 19.4. The maximum Gasteiger partial charge on any atom is 0.457 e. The van der Waals surface area contributed by atoms with Crippen LogP contribution < -0.4 is 4.74 Å². The molecule has 0 spiro atoms. The predicted molar refractivity (Wildman–Crippen MR) is 101 cm³/mol. The van der Waals surface area contributed by atoms with E-state index in [0.717, 1.165) is 30.2 Å². The van der Waals surface area contributed by atoms with Crippen molar-refractivity contribution in [2.75, 3.05) is 0 Å². The zero-order valence-electron chi connectivity index (χ0n) is 16.2. The van der Waals surface area contributed by atoms with Gasteiger partial charge in [-0.15, -0.1) is 0 Å². The van der Waals surface area contributed by atoms with Crippen molar-refractivity contribution in [1.82, 2.24) is 0 Å². The molecule has 0 radical (unpaired) electrons. The molecule has 1 unspecified atom stereocenters. The zero-order valence-corrected chi connectivity index (χ0v) is 16.2. The largest absolute Gasteiger partial charge is 0.457 e. The van der Waals surface area contributed by atoms with Gasteiger partial charge in [0.2, 0.25) is 0 Å². The molecule has 5 heteroatoms. The second-order valence-corrected chi connectivity index (χ2v) is 7.89. The van der Waals surface area contributed by atoms with E-state index in [0.29, 0.717) is 0 Å². The van der Waals surface area contributed by atoms with Crippen LogP contribution in [0.15, 0.2) is 24.3 Å². The first-order valence-corrected chi connectivity index (χ1v) is 10.3. The van der Waals surface area contributed by atoms with Gasteiger partial charge in [0, 0.05) is 0 Å². The molecule has 2 rings (SSSR count). The topological polar surface area (TPSA) is 9.23 Å². The average molecular weight is 388 g/mol. The molecule has 0 N–H and O–H groups in total. The van der Waals surface area contributed by atoms with Crippen LogP contribution in [0.25, 0.3) is 0 Å². The fourth-order valence-corrected chi connectivity index (χ4v) is 3.96. The van der Waals surface area contributed by atoms with Crippen molar-refractivity contribution in [2.45, 2.75) is 90.1 Å². The van der Waals surface area contributed by atoms with E-state index in [-0.39, 0.29) is 5.75 Å². The van der Waals surface area contributed by atoms with Crippen LogP contribution in [-0.4, -0.2) is 12.5 Å². The van der Waals surface area contributed by atoms with E-state index >= 15 is 0 Å². The Morgan fingerprint density at radius 3 is 2.07 bits per heavy atom. The number of unbranched alkanes of at least 4 members (excludes halogenated alkanes) is 3. The fraction of sp³-hybridized carbons (Fsp3) is 0.727. The number of benzene rings is 1. The van der Waals surface area contributed by atoms with Gasteiger partial charge in [-0.1, -0.05) is 76.8 Å². The summed E-state index contributed by atoms with van der Waals surface area (Å²) in [5.74, 6) is 1.55. The van der Waals surface area contributed by atoms with Gasteiger partial charge in [-0.2, -0.15) is 17.6 Å². The molecule has 0 bridgehead atoms. The minimum atomic E-state index is -4.99. The molecule has 1 fully saturated rings. The number of aryl methyl sites for hydroxylation is 1. The predicted octanol–water partition coefficient (Wildman–Crippen LogP) is 7.63. The minimum Gasteiger partial charge on any atom is -0.452 e. The monoisotopic (exact) mass is 388 g/mol. The molecule has 1 aliphatic carbocycles. The summed E-state index contributed by atoms with van der Waals surface area (Å²) in [5, 5.41) is 0. The van der Waals surface area contributed by atoms with E-state index in [1.807, 2.05) is 0 Å². The molecule has 1 nitrogen and oxygen atoms in total. The fourth-order valence-electron chi connectivity index (χ4n) is 3.96. The van der Waals surface area contributed by atoms with E-state index < -0.39 is 12.5 Å². The molecule has 0 aliphatic heterocycles. The highest BCUT2D eigenvalue weighted by Crippen LogP contribution is 2.34. The smallest absolute Gasteiger partial charge is 0.452 e. The lowest BCUT2D eigenvalue weighted by Gasteiger charge is -2.28. The van der Waals surface area contributed by atoms with Crippen molar-refractivity contribution in [3.05, 3.63) is 29.8 Å². The Balaban J connectivity index is 1.66. The molecule has 0 aromatic heterocycles. The number of ether oxygens (including phenoxy) is 1. The summed E-state index contributed by atoms with van der Waals surface area (Å²) in [6.07, 6.45) is 5.73. The summed E-state index contributed by atoms with van der Waals surface area (Å²) in [7, 11) is 0. The van der Waals surface area contributed by atoms with Crippen molar-refractivity contribution in [2.24, 2.45) is 11.8 Å². The van der Waals surface area contributed by atoms with Crippen LogP contribution in [0.4, 0.5) is 17.6 Å². The summed E-state index contributed by atoms with van der Waals surface area (Å²) >= 11 is 0. The highest BCUT2D eigenvalue weighted by Gasteiger charge is 2.42. The molecule has 1 saturated carbocycles. The molecule has 27 heavy (non-hydrogen) atoms. The third kappa shape index (κ3) is 8.10. The van der Waals surface area contributed by atoms with Crippen LogP contribution in [0.1, 0.15) is 76.7 Å². The Hall–Kier alpha value is -1.26. The first kappa shape index (κ1) is 22.0. The number of alkyl halides is 4. The zero-order chi connectivity index (χ0) is 19.7. The lowest BCUT2D eigenvalue weighted by atomic mass is 9.78. The Labute approximate surface area is 160 Å². The maximum absolute atomic E-state index is 12.9. The Morgan fingerprint density at radius 2 is 1.52 bits per heavy atom. The average Bonchev–Trinajstić information content (AvgIpc) is 2.65. The van der Waals surface area contributed by atoms with Gasteiger partial charge in [-0.05, 0) is 42.4 Å². The van der Waals surface area contributed by atoms with Crippen LogP contribution in [0.3, 0.4) is 0 Å². The lowest BCUT2D eigenvalue weighted by molar-refractivity contribution is -0.236. The van der Waals surface area contributed by atoms with E-state index in [1.165, 1.54) is 69.9 Å². The third-order valence-electron chi connectivity index (χ3n) is 5.69. The van der Waals surface area contributed by atoms with Crippen LogP contribution in [0.5, 0.6) is 5.75 Å². The Bertz CT molecular complexity index is 518. The SMILES string of the molecule is CCCCCC[C@H]1CC[C@H](CCc2ccc(OC(F)C(F)(F)F)cc2)CC1. The van der Waals surface area contributed by atoms with Crippen molar-refractivity contribution in [1.29, 1.82) is 0 Å². The standard InChI is InChI=1S/C22H32F4O/c1-2-3-4-5-6-17-7-9-18(10-8-17)11-12-19-13-15-20(16-14-19)27-21(23)22(24,25)26/h13-18,21H,2-12H2,1H3/t17-,18-,21?. The number of rotatable bonds is 10. The van der Waals surface area contributed by atoms with Crippen LogP contribution >= 0.6 is 0 Å². The molecular weight excluding hydrogens is 356 g/mol. The van der Waals surface area contributed by atoms with Crippen molar-refractivity contribution in [3.8, 4) is 5.75 Å².